The first-order valence-corrected chi connectivity index (χ1v) is 4.68. The Morgan fingerprint density at radius 2 is 2.06 bits per heavy atom. The summed E-state index contributed by atoms with van der Waals surface area (Å²) in [6.07, 6.45) is -4.06. The van der Waals surface area contributed by atoms with Crippen LogP contribution in [0, 0.1) is 0 Å². The summed E-state index contributed by atoms with van der Waals surface area (Å²) in [5.74, 6) is -0.520. The van der Waals surface area contributed by atoms with Gasteiger partial charge in [-0.25, -0.2) is 4.98 Å². The van der Waals surface area contributed by atoms with E-state index < -0.39 is 17.8 Å². The van der Waals surface area contributed by atoms with E-state index in [-0.39, 0.29) is 5.82 Å². The van der Waals surface area contributed by atoms with E-state index in [1.54, 1.807) is 6.92 Å². The molecule has 6 heteroatoms. The highest BCUT2D eigenvalue weighted by Crippen LogP contribution is 2.29. The number of anilines is 1. The zero-order valence-corrected chi connectivity index (χ0v) is 8.85. The van der Waals surface area contributed by atoms with Gasteiger partial charge in [0.1, 0.15) is 11.5 Å². The number of hydrogen-bond acceptors (Lipinski definition) is 2. The monoisotopic (exact) mass is 232 g/mol. The number of aromatic nitrogens is 1. The smallest absolute Gasteiger partial charge is 0.311 e. The van der Waals surface area contributed by atoms with Crippen molar-refractivity contribution in [3.05, 3.63) is 23.4 Å². The van der Waals surface area contributed by atoms with Gasteiger partial charge in [-0.2, -0.15) is 13.2 Å². The quantitative estimate of drug-likeness (QED) is 0.851. The molecule has 1 N–H and O–H groups in total. The molecule has 0 fully saturated rings. The molecule has 0 bridgehead atoms. The molecular formula is C10H11F3N2O. The van der Waals surface area contributed by atoms with E-state index in [0.717, 1.165) is 6.07 Å². The van der Waals surface area contributed by atoms with Gasteiger partial charge in [0.25, 0.3) is 0 Å². The van der Waals surface area contributed by atoms with E-state index in [2.05, 4.69) is 10.3 Å². The topological polar surface area (TPSA) is 42.0 Å². The maximum absolute atomic E-state index is 12.4. The van der Waals surface area contributed by atoms with E-state index in [9.17, 15) is 18.0 Å². The Bertz CT molecular complexity index is 402. The molecule has 0 aromatic carbocycles. The molecule has 1 aromatic heterocycles. The van der Waals surface area contributed by atoms with Crippen LogP contribution in [0.2, 0.25) is 0 Å². The second-order valence-corrected chi connectivity index (χ2v) is 3.28. The van der Waals surface area contributed by atoms with Gasteiger partial charge in [0.15, 0.2) is 0 Å². The Balaban J connectivity index is 3.16. The molecule has 1 rings (SSSR count). The molecule has 0 spiro atoms. The van der Waals surface area contributed by atoms with Gasteiger partial charge >= 0.3 is 6.18 Å². The summed E-state index contributed by atoms with van der Waals surface area (Å²) in [6.45, 7) is 2.95. The number of hydrogen-bond donors (Lipinski definition) is 1. The summed E-state index contributed by atoms with van der Waals surface area (Å²) < 4.78 is 37.3. The van der Waals surface area contributed by atoms with E-state index in [4.69, 9.17) is 0 Å². The van der Waals surface area contributed by atoms with E-state index in [0.29, 0.717) is 12.0 Å². The van der Waals surface area contributed by atoms with Gasteiger partial charge in [0.05, 0.1) is 0 Å². The van der Waals surface area contributed by atoms with Crippen molar-refractivity contribution in [2.75, 3.05) is 5.32 Å². The molecule has 3 nitrogen and oxygen atoms in total. The van der Waals surface area contributed by atoms with Crippen LogP contribution >= 0.6 is 0 Å². The van der Waals surface area contributed by atoms with Crippen LogP contribution in [0.3, 0.4) is 0 Å². The third-order valence-corrected chi connectivity index (χ3v) is 1.89. The van der Waals surface area contributed by atoms with Crippen LogP contribution in [0.1, 0.15) is 25.1 Å². The van der Waals surface area contributed by atoms with Gasteiger partial charge in [-0.3, -0.25) is 4.79 Å². The van der Waals surface area contributed by atoms with Crippen LogP contribution in [-0.4, -0.2) is 10.9 Å². The van der Waals surface area contributed by atoms with Crippen LogP contribution in [0.5, 0.6) is 0 Å². The highest BCUT2D eigenvalue weighted by molar-refractivity contribution is 5.87. The number of aryl methyl sites for hydroxylation is 1. The van der Waals surface area contributed by atoms with Gasteiger partial charge < -0.3 is 5.32 Å². The fourth-order valence-electron chi connectivity index (χ4n) is 1.18. The first kappa shape index (κ1) is 12.5. The van der Waals surface area contributed by atoms with Crippen molar-refractivity contribution in [1.82, 2.24) is 4.98 Å². The Morgan fingerprint density at radius 1 is 1.44 bits per heavy atom. The molecule has 0 radical (unpaired) electrons. The van der Waals surface area contributed by atoms with Crippen LogP contribution < -0.4 is 5.32 Å². The molecule has 1 amide bonds. The van der Waals surface area contributed by atoms with Crippen molar-refractivity contribution in [1.29, 1.82) is 0 Å². The SMILES string of the molecule is CCc1cc(NC(C)=O)nc(C(F)(F)F)c1. The average Bonchev–Trinajstić information content (AvgIpc) is 2.14. The maximum Gasteiger partial charge on any atom is 0.433 e. The van der Waals surface area contributed by atoms with E-state index in [1.807, 2.05) is 0 Å². The molecule has 16 heavy (non-hydrogen) atoms. The van der Waals surface area contributed by atoms with Crippen molar-refractivity contribution in [2.24, 2.45) is 0 Å². The zero-order valence-electron chi connectivity index (χ0n) is 8.85. The van der Waals surface area contributed by atoms with Gasteiger partial charge in [0, 0.05) is 6.92 Å². The largest absolute Gasteiger partial charge is 0.433 e. The fourth-order valence-corrected chi connectivity index (χ4v) is 1.18. The molecule has 0 saturated heterocycles. The molecule has 0 aliphatic heterocycles. The molecule has 1 aromatic rings. The third-order valence-electron chi connectivity index (χ3n) is 1.89. The minimum Gasteiger partial charge on any atom is -0.311 e. The third kappa shape index (κ3) is 3.22. The van der Waals surface area contributed by atoms with Gasteiger partial charge in [0.2, 0.25) is 5.91 Å². The first-order valence-electron chi connectivity index (χ1n) is 4.68. The Morgan fingerprint density at radius 3 is 2.50 bits per heavy atom. The number of rotatable bonds is 2. The van der Waals surface area contributed by atoms with E-state index in [1.165, 1.54) is 13.0 Å². The Kier molecular flexibility index (Phi) is 3.51. The highest BCUT2D eigenvalue weighted by atomic mass is 19.4. The van der Waals surface area contributed by atoms with Crippen LogP contribution in [0.15, 0.2) is 12.1 Å². The lowest BCUT2D eigenvalue weighted by Gasteiger charge is -2.10. The van der Waals surface area contributed by atoms with Crippen LogP contribution in [0.4, 0.5) is 19.0 Å². The summed E-state index contributed by atoms with van der Waals surface area (Å²) in [4.78, 5) is 14.1. The normalized spacial score (nSPS) is 11.3. The minimum atomic E-state index is -4.50. The number of carbonyl (C=O) groups is 1. The van der Waals surface area contributed by atoms with Crippen molar-refractivity contribution in [2.45, 2.75) is 26.4 Å². The predicted molar refractivity (Wildman–Crippen MR) is 52.9 cm³/mol. The standard InChI is InChI=1S/C10H11F3N2O/c1-3-7-4-8(10(11,12)13)15-9(5-7)14-6(2)16/h4-5H,3H2,1-2H3,(H,14,15,16). The number of alkyl halides is 3. The number of pyridine rings is 1. The molecule has 0 aliphatic carbocycles. The van der Waals surface area contributed by atoms with Crippen molar-refractivity contribution in [3.63, 3.8) is 0 Å². The summed E-state index contributed by atoms with van der Waals surface area (Å²) in [7, 11) is 0. The van der Waals surface area contributed by atoms with Crippen molar-refractivity contribution in [3.8, 4) is 0 Å². The summed E-state index contributed by atoms with van der Waals surface area (Å²) >= 11 is 0. The number of nitrogens with one attached hydrogen (secondary N) is 1. The maximum atomic E-state index is 12.4. The number of amides is 1. The second-order valence-electron chi connectivity index (χ2n) is 3.28. The van der Waals surface area contributed by atoms with Crippen LogP contribution in [0.25, 0.3) is 0 Å². The van der Waals surface area contributed by atoms with E-state index >= 15 is 0 Å². The molecule has 88 valence electrons. The fraction of sp³-hybridized carbons (Fsp3) is 0.400. The average molecular weight is 232 g/mol. The second kappa shape index (κ2) is 4.51. The molecule has 0 aliphatic rings. The molecule has 1 heterocycles. The van der Waals surface area contributed by atoms with Crippen LogP contribution in [-0.2, 0) is 17.4 Å². The number of halogens is 3. The zero-order chi connectivity index (χ0) is 12.3. The predicted octanol–water partition coefficient (Wildman–Crippen LogP) is 2.62. The van der Waals surface area contributed by atoms with Crippen molar-refractivity contribution < 1.29 is 18.0 Å². The van der Waals surface area contributed by atoms with Gasteiger partial charge in [-0.15, -0.1) is 0 Å². The first-order chi connectivity index (χ1) is 7.32. The molecule has 0 unspecified atom stereocenters. The van der Waals surface area contributed by atoms with Gasteiger partial charge in [-0.1, -0.05) is 6.92 Å². The summed E-state index contributed by atoms with van der Waals surface area (Å²) in [5.41, 5.74) is -0.512. The van der Waals surface area contributed by atoms with Crippen molar-refractivity contribution >= 4 is 11.7 Å². The lowest BCUT2D eigenvalue weighted by atomic mass is 10.1. The number of carbonyl (C=O) groups excluding carboxylic acids is 1. The highest BCUT2D eigenvalue weighted by Gasteiger charge is 2.33. The minimum absolute atomic E-state index is 0.0702. The lowest BCUT2D eigenvalue weighted by molar-refractivity contribution is -0.141. The molecular weight excluding hydrogens is 221 g/mol. The Hall–Kier alpha value is -1.59. The number of nitrogens with zero attached hydrogens (tertiary/aromatic N) is 1. The lowest BCUT2D eigenvalue weighted by Crippen LogP contribution is -2.13. The summed E-state index contributed by atoms with van der Waals surface area (Å²) in [6, 6.07) is 2.40. The summed E-state index contributed by atoms with van der Waals surface area (Å²) in [5, 5.41) is 2.24. The molecule has 0 saturated carbocycles. The van der Waals surface area contributed by atoms with Gasteiger partial charge in [-0.05, 0) is 24.1 Å². The Labute approximate surface area is 90.7 Å². The molecule has 0 atom stereocenters.